The number of rotatable bonds is 16. The first kappa shape index (κ1) is 39.2. The van der Waals surface area contributed by atoms with Gasteiger partial charge < -0.3 is 9.47 Å². The van der Waals surface area contributed by atoms with E-state index in [4.69, 9.17) is 9.47 Å². The summed E-state index contributed by atoms with van der Waals surface area (Å²) in [5, 5.41) is 9.30. The molecule has 0 radical (unpaired) electrons. The molecule has 2 aromatic carbocycles. The Hall–Kier alpha value is -4.47. The molecule has 0 unspecified atom stereocenters. The first-order chi connectivity index (χ1) is 26.0. The molecule has 9 heteroatoms. The number of aryl methyl sites for hydroxylation is 4. The lowest BCUT2D eigenvalue weighted by Gasteiger charge is -2.18. The summed E-state index contributed by atoms with van der Waals surface area (Å²) in [5.74, 6) is 1.72. The Morgan fingerprint density at radius 3 is 1.28 bits per heavy atom. The van der Waals surface area contributed by atoms with Gasteiger partial charge in [0.25, 0.3) is 0 Å². The molecule has 4 heterocycles. The molecule has 0 bridgehead atoms. The number of ether oxygens (including phenoxy) is 2. The van der Waals surface area contributed by atoms with Crippen molar-refractivity contribution >= 4 is 16.9 Å². The predicted octanol–water partition coefficient (Wildman–Crippen LogP) is 8.56. The van der Waals surface area contributed by atoms with Crippen molar-refractivity contribution in [3.8, 4) is 11.5 Å². The molecule has 0 atom stereocenters. The highest BCUT2D eigenvalue weighted by Gasteiger charge is 2.19. The molecular formula is C45H60N6O3. The van der Waals surface area contributed by atoms with E-state index in [0.717, 1.165) is 106 Å². The van der Waals surface area contributed by atoms with E-state index >= 15 is 0 Å². The number of carbonyl (C=O) groups is 1. The van der Waals surface area contributed by atoms with Crippen molar-refractivity contribution in [2.24, 2.45) is 0 Å². The molecule has 9 nitrogen and oxygen atoms in total. The molecular weight excluding hydrogens is 673 g/mol. The predicted molar refractivity (Wildman–Crippen MR) is 219 cm³/mol. The van der Waals surface area contributed by atoms with E-state index in [0.29, 0.717) is 13.2 Å². The van der Waals surface area contributed by atoms with Crippen LogP contribution in [0.3, 0.4) is 0 Å². The van der Waals surface area contributed by atoms with Crippen LogP contribution in [0.2, 0.25) is 0 Å². The number of benzene rings is 2. The van der Waals surface area contributed by atoms with E-state index < -0.39 is 0 Å². The van der Waals surface area contributed by atoms with Crippen LogP contribution in [0.5, 0.6) is 11.5 Å². The summed E-state index contributed by atoms with van der Waals surface area (Å²) in [6, 6.07) is 8.92. The highest BCUT2D eigenvalue weighted by Crippen LogP contribution is 2.34. The summed E-state index contributed by atoms with van der Waals surface area (Å²) < 4.78 is 16.6. The van der Waals surface area contributed by atoms with Gasteiger partial charge in [-0.3, -0.25) is 24.0 Å². The van der Waals surface area contributed by atoms with Crippen LogP contribution in [0, 0.1) is 27.7 Å². The van der Waals surface area contributed by atoms with Gasteiger partial charge in [0.1, 0.15) is 24.7 Å². The second kappa shape index (κ2) is 17.8. The van der Waals surface area contributed by atoms with Crippen molar-refractivity contribution in [2.75, 3.05) is 52.5 Å². The van der Waals surface area contributed by atoms with Gasteiger partial charge in [0.15, 0.2) is 5.78 Å². The zero-order chi connectivity index (χ0) is 38.4. The Morgan fingerprint density at radius 2 is 0.963 bits per heavy atom. The number of aromatic nitrogens is 4. The quantitative estimate of drug-likeness (QED) is 0.107. The summed E-state index contributed by atoms with van der Waals surface area (Å²) in [5.41, 5.74) is 9.54. The van der Waals surface area contributed by atoms with E-state index in [2.05, 4.69) is 99.7 Å². The van der Waals surface area contributed by atoms with Gasteiger partial charge >= 0.3 is 0 Å². The smallest absolute Gasteiger partial charge is 0.179 e. The van der Waals surface area contributed by atoms with Crippen molar-refractivity contribution < 1.29 is 14.3 Å². The first-order valence-corrected chi connectivity index (χ1v) is 20.0. The van der Waals surface area contributed by atoms with Crippen LogP contribution in [0.4, 0.5) is 0 Å². The van der Waals surface area contributed by atoms with E-state index in [1.54, 1.807) is 12.2 Å². The SMILES string of the molecule is Cc1cc(/C(=C\C(=O)/C=C(\c2cc(C)c(OCCN3CCCC3)c(C)c2)c2cnn(C(C)C)c2)c2cnn(C(C)C)c2)cc(C)c1OCCN1CCCC1. The third-order valence-corrected chi connectivity index (χ3v) is 10.7. The van der Waals surface area contributed by atoms with Gasteiger partial charge in [-0.1, -0.05) is 0 Å². The average molecular weight is 733 g/mol. The fraction of sp³-hybridized carbons (Fsp3) is 0.489. The van der Waals surface area contributed by atoms with Gasteiger partial charge in [-0.15, -0.1) is 0 Å². The maximum atomic E-state index is 14.4. The Kier molecular flexibility index (Phi) is 12.9. The van der Waals surface area contributed by atoms with Gasteiger partial charge in [-0.25, -0.2) is 0 Å². The Labute approximate surface area is 322 Å². The lowest BCUT2D eigenvalue weighted by Crippen LogP contribution is -2.25. The van der Waals surface area contributed by atoms with Crippen LogP contribution < -0.4 is 9.47 Å². The van der Waals surface area contributed by atoms with E-state index in [1.807, 2.05) is 34.2 Å². The van der Waals surface area contributed by atoms with E-state index in [-0.39, 0.29) is 17.9 Å². The van der Waals surface area contributed by atoms with Crippen molar-refractivity contribution in [3.05, 3.63) is 106 Å². The molecule has 2 aromatic heterocycles. The maximum absolute atomic E-state index is 14.4. The van der Waals surface area contributed by atoms with Gasteiger partial charge in [0, 0.05) is 48.7 Å². The lowest BCUT2D eigenvalue weighted by molar-refractivity contribution is -0.110. The largest absolute Gasteiger partial charge is 0.492 e. The summed E-state index contributed by atoms with van der Waals surface area (Å²) in [6.07, 6.45) is 16.4. The summed E-state index contributed by atoms with van der Waals surface area (Å²) in [4.78, 5) is 19.3. The number of likely N-dealkylation sites (tertiary alicyclic amines) is 2. The molecule has 2 saturated heterocycles. The topological polar surface area (TPSA) is 77.7 Å². The van der Waals surface area contributed by atoms with Crippen molar-refractivity contribution in [2.45, 2.75) is 93.2 Å². The molecule has 4 aromatic rings. The van der Waals surface area contributed by atoms with Gasteiger partial charge in [-0.05, 0) is 188 Å². The third-order valence-electron chi connectivity index (χ3n) is 10.7. The average Bonchev–Trinajstić information content (AvgIpc) is 3.97. The second-order valence-corrected chi connectivity index (χ2v) is 15.8. The molecule has 0 saturated carbocycles. The van der Waals surface area contributed by atoms with Crippen LogP contribution in [0.1, 0.15) is 110 Å². The zero-order valence-electron chi connectivity index (χ0n) is 33.8. The first-order valence-electron chi connectivity index (χ1n) is 20.0. The van der Waals surface area contributed by atoms with Crippen molar-refractivity contribution in [1.29, 1.82) is 0 Å². The van der Waals surface area contributed by atoms with Crippen LogP contribution in [-0.2, 0) is 4.79 Å². The highest BCUT2D eigenvalue weighted by atomic mass is 16.5. The van der Waals surface area contributed by atoms with Crippen LogP contribution in [0.25, 0.3) is 11.1 Å². The normalized spacial score (nSPS) is 16.0. The molecule has 2 aliphatic rings. The van der Waals surface area contributed by atoms with Crippen LogP contribution in [0.15, 0.2) is 61.2 Å². The fourth-order valence-corrected chi connectivity index (χ4v) is 7.74. The molecule has 54 heavy (non-hydrogen) atoms. The lowest BCUT2D eigenvalue weighted by atomic mass is 9.93. The summed E-state index contributed by atoms with van der Waals surface area (Å²) >= 11 is 0. The summed E-state index contributed by atoms with van der Waals surface area (Å²) in [7, 11) is 0. The molecule has 288 valence electrons. The van der Waals surface area contributed by atoms with Gasteiger partial charge in [0.05, 0.1) is 12.4 Å². The van der Waals surface area contributed by atoms with Gasteiger partial charge in [-0.2, -0.15) is 10.2 Å². The number of allylic oxidation sites excluding steroid dienone is 2. The number of hydrogen-bond acceptors (Lipinski definition) is 7. The zero-order valence-corrected chi connectivity index (χ0v) is 33.8. The van der Waals surface area contributed by atoms with E-state index in [1.165, 1.54) is 25.7 Å². The van der Waals surface area contributed by atoms with Gasteiger partial charge in [0.2, 0.25) is 0 Å². The minimum absolute atomic E-state index is 0.114. The molecule has 0 N–H and O–H groups in total. The highest BCUT2D eigenvalue weighted by molar-refractivity contribution is 6.11. The second-order valence-electron chi connectivity index (χ2n) is 15.8. The monoisotopic (exact) mass is 732 g/mol. The molecule has 2 fully saturated rings. The molecule has 0 amide bonds. The molecule has 6 rings (SSSR count). The number of carbonyl (C=O) groups excluding carboxylic acids is 1. The molecule has 2 aliphatic heterocycles. The third kappa shape index (κ3) is 9.60. The number of hydrogen-bond donors (Lipinski definition) is 0. The summed E-state index contributed by atoms with van der Waals surface area (Å²) in [6.45, 7) is 24.6. The van der Waals surface area contributed by atoms with Crippen molar-refractivity contribution in [3.63, 3.8) is 0 Å². The van der Waals surface area contributed by atoms with Crippen LogP contribution in [-0.4, -0.2) is 87.6 Å². The molecule has 0 spiro atoms. The fourth-order valence-electron chi connectivity index (χ4n) is 7.74. The minimum atomic E-state index is -0.114. The minimum Gasteiger partial charge on any atom is -0.492 e. The Balaban J connectivity index is 1.35. The Morgan fingerprint density at radius 1 is 0.611 bits per heavy atom. The maximum Gasteiger partial charge on any atom is 0.179 e. The standard InChI is InChI=1S/C45H60N6O3/c1-31(2)50-29-39(27-46-50)42(37-21-33(5)44(34(6)22-37)53-19-17-48-13-9-10-14-48)25-41(52)26-43(40-28-47-51(30-40)32(3)4)38-23-35(7)45(36(8)24-38)54-20-18-49-15-11-12-16-49/h21-32H,9-20H2,1-8H3/b42-25+,43-26+. The van der Waals surface area contributed by atoms with Crippen molar-refractivity contribution in [1.82, 2.24) is 29.4 Å². The number of ketones is 1. The molecule has 0 aliphatic carbocycles. The number of nitrogens with zero attached hydrogens (tertiary/aromatic N) is 6. The van der Waals surface area contributed by atoms with Crippen LogP contribution >= 0.6 is 0 Å². The Bertz CT molecular complexity index is 1780. The van der Waals surface area contributed by atoms with E-state index in [9.17, 15) is 4.79 Å².